The lowest BCUT2D eigenvalue weighted by Crippen LogP contribution is -2.36. The van der Waals surface area contributed by atoms with Crippen LogP contribution in [0.25, 0.3) is 0 Å². The average Bonchev–Trinajstić information content (AvgIpc) is 2.60. The van der Waals surface area contributed by atoms with E-state index in [2.05, 4.69) is 14.9 Å². The molecule has 0 bridgehead atoms. The normalized spacial score (nSPS) is 14.6. The van der Waals surface area contributed by atoms with Crippen molar-refractivity contribution < 1.29 is 14.6 Å². The SMILES string of the molecule is O=C([O-])c1cccc(CSc2nc(Cl)cc(N3CCOCC3)n2)c1. The number of halogens is 1. The largest absolute Gasteiger partial charge is 0.545 e. The fourth-order valence-electron chi connectivity index (χ4n) is 2.34. The van der Waals surface area contributed by atoms with Gasteiger partial charge in [-0.15, -0.1) is 0 Å². The number of anilines is 1. The maximum Gasteiger partial charge on any atom is 0.191 e. The lowest BCUT2D eigenvalue weighted by atomic mass is 10.1. The summed E-state index contributed by atoms with van der Waals surface area (Å²) in [6, 6.07) is 8.39. The molecule has 1 aliphatic heterocycles. The van der Waals surface area contributed by atoms with Crippen LogP contribution < -0.4 is 10.0 Å². The molecule has 24 heavy (non-hydrogen) atoms. The Morgan fingerprint density at radius 1 is 1.29 bits per heavy atom. The Bertz CT molecular complexity index is 738. The summed E-state index contributed by atoms with van der Waals surface area (Å²) >= 11 is 7.52. The van der Waals surface area contributed by atoms with Crippen molar-refractivity contribution in [1.29, 1.82) is 0 Å². The molecule has 0 spiro atoms. The van der Waals surface area contributed by atoms with E-state index in [1.165, 1.54) is 17.8 Å². The molecule has 0 amide bonds. The van der Waals surface area contributed by atoms with E-state index in [0.717, 1.165) is 24.5 Å². The van der Waals surface area contributed by atoms with E-state index >= 15 is 0 Å². The smallest absolute Gasteiger partial charge is 0.191 e. The second-order valence-electron chi connectivity index (χ2n) is 5.21. The van der Waals surface area contributed by atoms with Crippen LogP contribution in [0.1, 0.15) is 15.9 Å². The van der Waals surface area contributed by atoms with Crippen LogP contribution in [0, 0.1) is 0 Å². The predicted molar refractivity (Wildman–Crippen MR) is 90.4 cm³/mol. The van der Waals surface area contributed by atoms with Crippen LogP contribution in [0.3, 0.4) is 0 Å². The number of aromatic carboxylic acids is 1. The van der Waals surface area contributed by atoms with Crippen molar-refractivity contribution in [3.8, 4) is 0 Å². The van der Waals surface area contributed by atoms with Gasteiger partial charge in [0.15, 0.2) is 5.16 Å². The number of aromatic nitrogens is 2. The van der Waals surface area contributed by atoms with E-state index in [4.69, 9.17) is 16.3 Å². The number of morpholine rings is 1. The van der Waals surface area contributed by atoms with Crippen LogP contribution in [0.4, 0.5) is 5.82 Å². The first-order valence-corrected chi connectivity index (χ1v) is 8.78. The molecule has 2 heterocycles. The number of carbonyl (C=O) groups is 1. The highest BCUT2D eigenvalue weighted by Gasteiger charge is 2.14. The first kappa shape index (κ1) is 17.0. The fraction of sp³-hybridized carbons (Fsp3) is 0.312. The molecule has 3 rings (SSSR count). The van der Waals surface area contributed by atoms with Gasteiger partial charge in [0, 0.05) is 24.9 Å². The predicted octanol–water partition coefficient (Wildman–Crippen LogP) is 1.62. The molecule has 126 valence electrons. The minimum atomic E-state index is -1.18. The number of ether oxygens (including phenoxy) is 1. The summed E-state index contributed by atoms with van der Waals surface area (Å²) in [5.41, 5.74) is 1.02. The van der Waals surface area contributed by atoms with E-state index in [1.807, 2.05) is 6.07 Å². The van der Waals surface area contributed by atoms with Crippen molar-refractivity contribution in [2.75, 3.05) is 31.2 Å². The van der Waals surface area contributed by atoms with E-state index < -0.39 is 5.97 Å². The Balaban J connectivity index is 1.72. The number of nitrogens with zero attached hydrogens (tertiary/aromatic N) is 3. The maximum absolute atomic E-state index is 10.9. The van der Waals surface area contributed by atoms with Gasteiger partial charge in [-0.05, 0) is 17.2 Å². The second-order valence-corrected chi connectivity index (χ2v) is 6.54. The van der Waals surface area contributed by atoms with E-state index in [1.54, 1.807) is 18.2 Å². The lowest BCUT2D eigenvalue weighted by Gasteiger charge is -2.27. The van der Waals surface area contributed by atoms with Gasteiger partial charge in [-0.2, -0.15) is 0 Å². The van der Waals surface area contributed by atoms with Gasteiger partial charge in [0.1, 0.15) is 11.0 Å². The van der Waals surface area contributed by atoms with Crippen LogP contribution >= 0.6 is 23.4 Å². The lowest BCUT2D eigenvalue weighted by molar-refractivity contribution is -0.255. The molecule has 6 nitrogen and oxygen atoms in total. The monoisotopic (exact) mass is 364 g/mol. The number of hydrogen-bond donors (Lipinski definition) is 0. The second kappa shape index (κ2) is 7.83. The summed E-state index contributed by atoms with van der Waals surface area (Å²) in [4.78, 5) is 21.8. The Hall–Kier alpha value is -1.83. The molecule has 1 aliphatic rings. The average molecular weight is 365 g/mol. The van der Waals surface area contributed by atoms with Crippen molar-refractivity contribution >= 4 is 35.1 Å². The Kier molecular flexibility index (Phi) is 5.55. The zero-order chi connectivity index (χ0) is 16.9. The molecule has 0 radical (unpaired) electrons. The third-order valence-corrected chi connectivity index (χ3v) is 4.64. The summed E-state index contributed by atoms with van der Waals surface area (Å²) < 4.78 is 5.34. The van der Waals surface area contributed by atoms with Crippen molar-refractivity contribution in [1.82, 2.24) is 9.97 Å². The fourth-order valence-corrected chi connectivity index (χ4v) is 3.36. The number of benzene rings is 1. The highest BCUT2D eigenvalue weighted by molar-refractivity contribution is 7.98. The van der Waals surface area contributed by atoms with Crippen molar-refractivity contribution in [2.45, 2.75) is 10.9 Å². The standard InChI is InChI=1S/C16H16ClN3O3S/c17-13-9-14(20-4-6-23-7-5-20)19-16(18-13)24-10-11-2-1-3-12(8-11)15(21)22/h1-3,8-9H,4-7,10H2,(H,21,22)/p-1. The number of carbonyl (C=O) groups excluding carboxylic acids is 1. The molecule has 0 N–H and O–H groups in total. The van der Waals surface area contributed by atoms with Gasteiger partial charge >= 0.3 is 0 Å². The molecule has 0 unspecified atom stereocenters. The third kappa shape index (κ3) is 4.37. The van der Waals surface area contributed by atoms with E-state index in [-0.39, 0.29) is 5.56 Å². The van der Waals surface area contributed by atoms with E-state index in [0.29, 0.717) is 29.3 Å². The highest BCUT2D eigenvalue weighted by Crippen LogP contribution is 2.25. The van der Waals surface area contributed by atoms with Crippen molar-refractivity contribution in [3.63, 3.8) is 0 Å². The van der Waals surface area contributed by atoms with Crippen LogP contribution in [-0.4, -0.2) is 42.2 Å². The van der Waals surface area contributed by atoms with Crippen molar-refractivity contribution in [2.24, 2.45) is 0 Å². The molecule has 1 fully saturated rings. The number of hydrogen-bond acceptors (Lipinski definition) is 7. The van der Waals surface area contributed by atoms with Gasteiger partial charge in [-0.25, -0.2) is 9.97 Å². The molecule has 0 aliphatic carbocycles. The van der Waals surface area contributed by atoms with Crippen LogP contribution in [-0.2, 0) is 10.5 Å². The number of carboxylic acids is 1. The van der Waals surface area contributed by atoms with Crippen LogP contribution in [0.2, 0.25) is 5.15 Å². The molecule has 1 aromatic carbocycles. The third-order valence-electron chi connectivity index (χ3n) is 3.53. The Labute approximate surface area is 148 Å². The number of carboxylic acid groups (broad SMARTS) is 1. The van der Waals surface area contributed by atoms with Crippen LogP contribution in [0.5, 0.6) is 0 Å². The Morgan fingerprint density at radius 2 is 2.08 bits per heavy atom. The maximum atomic E-state index is 10.9. The quantitative estimate of drug-likeness (QED) is 0.453. The topological polar surface area (TPSA) is 78.4 Å². The molecule has 1 saturated heterocycles. The van der Waals surface area contributed by atoms with Gasteiger partial charge in [0.2, 0.25) is 0 Å². The summed E-state index contributed by atoms with van der Waals surface area (Å²) in [5, 5.41) is 11.9. The molecular formula is C16H15ClN3O3S-. The minimum absolute atomic E-state index is 0.161. The summed E-state index contributed by atoms with van der Waals surface area (Å²) in [7, 11) is 0. The van der Waals surface area contributed by atoms with Gasteiger partial charge < -0.3 is 19.5 Å². The molecule has 0 atom stereocenters. The minimum Gasteiger partial charge on any atom is -0.545 e. The molecular weight excluding hydrogens is 350 g/mol. The molecule has 1 aromatic heterocycles. The van der Waals surface area contributed by atoms with Gasteiger partial charge in [0.05, 0.1) is 19.2 Å². The first-order valence-electron chi connectivity index (χ1n) is 7.42. The Morgan fingerprint density at radius 3 is 2.83 bits per heavy atom. The number of thioether (sulfide) groups is 1. The van der Waals surface area contributed by atoms with Gasteiger partial charge in [-0.3, -0.25) is 0 Å². The van der Waals surface area contributed by atoms with Gasteiger partial charge in [0.25, 0.3) is 0 Å². The summed E-state index contributed by atoms with van der Waals surface area (Å²) in [6.07, 6.45) is 0. The summed E-state index contributed by atoms with van der Waals surface area (Å²) in [5.74, 6) is 0.143. The zero-order valence-electron chi connectivity index (χ0n) is 12.8. The summed E-state index contributed by atoms with van der Waals surface area (Å²) in [6.45, 7) is 2.87. The molecule has 0 saturated carbocycles. The van der Waals surface area contributed by atoms with Crippen molar-refractivity contribution in [3.05, 3.63) is 46.6 Å². The van der Waals surface area contributed by atoms with E-state index in [9.17, 15) is 9.90 Å². The van der Waals surface area contributed by atoms with Crippen LogP contribution in [0.15, 0.2) is 35.5 Å². The molecule has 2 aromatic rings. The zero-order valence-corrected chi connectivity index (χ0v) is 14.3. The first-order chi connectivity index (χ1) is 11.6. The molecule has 8 heteroatoms. The van der Waals surface area contributed by atoms with Gasteiger partial charge in [-0.1, -0.05) is 41.6 Å². The highest BCUT2D eigenvalue weighted by atomic mass is 35.5. The number of rotatable bonds is 5.